The van der Waals surface area contributed by atoms with Crippen LogP contribution in [-0.4, -0.2) is 29.2 Å². The highest BCUT2D eigenvalue weighted by Gasteiger charge is 2.25. The minimum absolute atomic E-state index is 0.0684. The first-order valence-electron chi connectivity index (χ1n) is 7.02. The van der Waals surface area contributed by atoms with Crippen LogP contribution in [0.15, 0.2) is 40.7 Å². The number of carbonyl (C=O) groups is 2. The van der Waals surface area contributed by atoms with Crippen LogP contribution in [0.3, 0.4) is 0 Å². The van der Waals surface area contributed by atoms with Gasteiger partial charge in [-0.15, -0.1) is 11.3 Å². The molecule has 2 amide bonds. The van der Waals surface area contributed by atoms with Gasteiger partial charge in [0.1, 0.15) is 11.6 Å². The van der Waals surface area contributed by atoms with Crippen molar-refractivity contribution in [1.82, 2.24) is 15.7 Å². The smallest absolute Gasteiger partial charge is 0.288 e. The van der Waals surface area contributed by atoms with Crippen molar-refractivity contribution >= 4 is 34.7 Å². The van der Waals surface area contributed by atoms with Crippen molar-refractivity contribution in [3.8, 4) is 0 Å². The molecule has 2 N–H and O–H groups in total. The van der Waals surface area contributed by atoms with Crippen LogP contribution in [0.2, 0.25) is 0 Å². The predicted octanol–water partition coefficient (Wildman–Crippen LogP) is 1.02. The summed E-state index contributed by atoms with van der Waals surface area (Å²) in [7, 11) is 0. The van der Waals surface area contributed by atoms with E-state index in [0.29, 0.717) is 12.2 Å². The number of rotatable bonds is 4. The SMILES string of the molecule is Cc1csc(CNC(=O)C2=NCC(=O)N(c3ccccc3)N2)n1. The summed E-state index contributed by atoms with van der Waals surface area (Å²) in [6.45, 7) is 2.16. The van der Waals surface area contributed by atoms with E-state index in [4.69, 9.17) is 0 Å². The second-order valence-electron chi connectivity index (χ2n) is 4.91. The first-order valence-corrected chi connectivity index (χ1v) is 7.90. The Morgan fingerprint density at radius 1 is 1.39 bits per heavy atom. The highest BCUT2D eigenvalue weighted by atomic mass is 32.1. The summed E-state index contributed by atoms with van der Waals surface area (Å²) in [5, 5.41) is 6.82. The molecular weight excluding hydrogens is 314 g/mol. The molecule has 1 aromatic carbocycles. The maximum absolute atomic E-state index is 12.2. The molecule has 23 heavy (non-hydrogen) atoms. The van der Waals surface area contributed by atoms with Gasteiger partial charge in [-0.1, -0.05) is 18.2 Å². The van der Waals surface area contributed by atoms with Crippen LogP contribution in [0.1, 0.15) is 10.7 Å². The van der Waals surface area contributed by atoms with Gasteiger partial charge in [0.15, 0.2) is 0 Å². The zero-order valence-electron chi connectivity index (χ0n) is 12.4. The Bertz CT molecular complexity index is 756. The van der Waals surface area contributed by atoms with E-state index >= 15 is 0 Å². The molecule has 0 unspecified atom stereocenters. The quantitative estimate of drug-likeness (QED) is 0.877. The van der Waals surface area contributed by atoms with Crippen molar-refractivity contribution < 1.29 is 9.59 Å². The van der Waals surface area contributed by atoms with Crippen molar-refractivity contribution in [1.29, 1.82) is 0 Å². The number of thiazole rings is 1. The Hall–Kier alpha value is -2.74. The van der Waals surface area contributed by atoms with Gasteiger partial charge in [-0.05, 0) is 19.1 Å². The zero-order chi connectivity index (χ0) is 16.2. The standard InChI is InChI=1S/C15H15N5O2S/c1-10-9-23-12(18-10)7-17-15(22)14-16-8-13(21)20(19-14)11-5-3-2-4-6-11/h2-6,9H,7-8H2,1H3,(H,16,19)(H,17,22). The molecule has 2 heterocycles. The van der Waals surface area contributed by atoms with Gasteiger partial charge in [-0.25, -0.2) is 9.99 Å². The maximum atomic E-state index is 12.2. The second-order valence-corrected chi connectivity index (χ2v) is 5.85. The largest absolute Gasteiger partial charge is 0.343 e. The lowest BCUT2D eigenvalue weighted by molar-refractivity contribution is -0.118. The van der Waals surface area contributed by atoms with E-state index in [2.05, 4.69) is 20.7 Å². The summed E-state index contributed by atoms with van der Waals surface area (Å²) in [5.41, 5.74) is 4.35. The van der Waals surface area contributed by atoms with Gasteiger partial charge < -0.3 is 5.32 Å². The highest BCUT2D eigenvalue weighted by Crippen LogP contribution is 2.13. The van der Waals surface area contributed by atoms with Crippen molar-refractivity contribution in [2.24, 2.45) is 4.99 Å². The number of hydrogen-bond acceptors (Lipinski definition) is 6. The number of aliphatic imine (C=N–C) groups is 1. The first-order chi connectivity index (χ1) is 11.1. The van der Waals surface area contributed by atoms with Crippen LogP contribution in [0, 0.1) is 6.92 Å². The van der Waals surface area contributed by atoms with Gasteiger partial charge in [0, 0.05) is 11.1 Å². The minimum Gasteiger partial charge on any atom is -0.343 e. The molecule has 7 nitrogen and oxygen atoms in total. The topological polar surface area (TPSA) is 86.7 Å². The summed E-state index contributed by atoms with van der Waals surface area (Å²) in [6.07, 6.45) is 0. The van der Waals surface area contributed by atoms with Crippen molar-refractivity contribution in [2.75, 3.05) is 11.6 Å². The van der Waals surface area contributed by atoms with E-state index in [1.165, 1.54) is 16.3 Å². The minimum atomic E-state index is -0.369. The first kappa shape index (κ1) is 15.2. The second kappa shape index (κ2) is 6.57. The summed E-state index contributed by atoms with van der Waals surface area (Å²) >= 11 is 1.49. The number of aryl methyl sites for hydroxylation is 1. The van der Waals surface area contributed by atoms with E-state index in [0.717, 1.165) is 10.7 Å². The highest BCUT2D eigenvalue weighted by molar-refractivity contribution is 7.09. The van der Waals surface area contributed by atoms with E-state index in [9.17, 15) is 9.59 Å². The lowest BCUT2D eigenvalue weighted by Crippen LogP contribution is -2.55. The van der Waals surface area contributed by atoms with Gasteiger partial charge in [-0.2, -0.15) is 0 Å². The molecular formula is C15H15N5O2S. The van der Waals surface area contributed by atoms with Crippen LogP contribution in [0.25, 0.3) is 0 Å². The fraction of sp³-hybridized carbons (Fsp3) is 0.200. The molecule has 118 valence electrons. The Kier molecular flexibility index (Phi) is 4.33. The van der Waals surface area contributed by atoms with Gasteiger partial charge in [-0.3, -0.25) is 20.0 Å². The number of benzene rings is 1. The Labute approximate surface area is 137 Å². The normalized spacial score (nSPS) is 14.2. The van der Waals surface area contributed by atoms with Gasteiger partial charge in [0.05, 0.1) is 12.2 Å². The van der Waals surface area contributed by atoms with Crippen LogP contribution in [0.4, 0.5) is 5.69 Å². The fourth-order valence-electron chi connectivity index (χ4n) is 2.05. The molecule has 3 rings (SSSR count). The molecule has 0 aliphatic carbocycles. The maximum Gasteiger partial charge on any atom is 0.288 e. The van der Waals surface area contributed by atoms with Crippen molar-refractivity contribution in [3.63, 3.8) is 0 Å². The third kappa shape index (κ3) is 3.54. The molecule has 1 aromatic heterocycles. The molecule has 1 aliphatic heterocycles. The Balaban J connectivity index is 1.65. The molecule has 0 saturated heterocycles. The fourth-order valence-corrected chi connectivity index (χ4v) is 2.76. The van der Waals surface area contributed by atoms with Gasteiger partial charge in [0.2, 0.25) is 5.84 Å². The number of amides is 2. The molecule has 0 saturated carbocycles. The predicted molar refractivity (Wildman–Crippen MR) is 88.1 cm³/mol. The molecule has 0 fully saturated rings. The lowest BCUT2D eigenvalue weighted by atomic mass is 10.3. The van der Waals surface area contributed by atoms with E-state index in [1.807, 2.05) is 30.5 Å². The number of nitrogens with zero attached hydrogens (tertiary/aromatic N) is 3. The number of carbonyl (C=O) groups excluding carboxylic acids is 2. The number of hydrogen-bond donors (Lipinski definition) is 2. The van der Waals surface area contributed by atoms with Crippen molar-refractivity contribution in [2.45, 2.75) is 13.5 Å². The van der Waals surface area contributed by atoms with E-state index < -0.39 is 0 Å². The Morgan fingerprint density at radius 3 is 2.87 bits per heavy atom. The number of nitrogens with one attached hydrogen (secondary N) is 2. The summed E-state index contributed by atoms with van der Waals surface area (Å²) in [4.78, 5) is 32.4. The summed E-state index contributed by atoms with van der Waals surface area (Å²) in [6, 6.07) is 9.06. The Morgan fingerprint density at radius 2 is 2.17 bits per heavy atom. The molecule has 8 heteroatoms. The van der Waals surface area contributed by atoms with Crippen molar-refractivity contribution in [3.05, 3.63) is 46.4 Å². The van der Waals surface area contributed by atoms with Gasteiger partial charge in [0.25, 0.3) is 11.8 Å². The number of amidine groups is 1. The van der Waals surface area contributed by atoms with Crippen LogP contribution in [0.5, 0.6) is 0 Å². The van der Waals surface area contributed by atoms with Crippen LogP contribution < -0.4 is 15.8 Å². The monoisotopic (exact) mass is 329 g/mol. The van der Waals surface area contributed by atoms with Crippen LogP contribution in [-0.2, 0) is 16.1 Å². The average Bonchev–Trinajstić information content (AvgIpc) is 2.99. The molecule has 0 atom stereocenters. The lowest BCUT2D eigenvalue weighted by Gasteiger charge is -2.27. The number of aromatic nitrogens is 1. The van der Waals surface area contributed by atoms with Gasteiger partial charge >= 0.3 is 0 Å². The number of para-hydroxylation sites is 1. The third-order valence-electron chi connectivity index (χ3n) is 3.14. The molecule has 2 aromatic rings. The van der Waals surface area contributed by atoms with E-state index in [1.54, 1.807) is 12.1 Å². The molecule has 0 spiro atoms. The zero-order valence-corrected chi connectivity index (χ0v) is 13.3. The number of anilines is 1. The molecule has 0 radical (unpaired) electrons. The molecule has 1 aliphatic rings. The third-order valence-corrected chi connectivity index (χ3v) is 4.10. The van der Waals surface area contributed by atoms with E-state index in [-0.39, 0.29) is 24.2 Å². The summed E-state index contributed by atoms with van der Waals surface area (Å²) < 4.78 is 0. The summed E-state index contributed by atoms with van der Waals surface area (Å²) in [5.74, 6) is -0.476. The number of hydrazine groups is 1. The molecule has 0 bridgehead atoms. The van der Waals surface area contributed by atoms with Crippen LogP contribution >= 0.6 is 11.3 Å². The average molecular weight is 329 g/mol.